The molecule has 13 heavy (non-hydrogen) atoms. The molecular weight excluding hydrogens is 228 g/mol. The Hall–Kier alpha value is 0.180. The number of rotatable bonds is 4. The minimum Gasteiger partial charge on any atom is -0.392 e. The molecule has 1 N–H and O–H groups in total. The molecule has 0 radical (unpaired) electrons. The number of halogens is 1. The van der Waals surface area contributed by atoms with Crippen molar-refractivity contribution in [2.75, 3.05) is 0 Å². The van der Waals surface area contributed by atoms with Crippen molar-refractivity contribution in [3.63, 3.8) is 0 Å². The molecule has 0 fully saturated rings. The number of hydrogen-bond acceptors (Lipinski definition) is 1. The second-order valence-corrected chi connectivity index (χ2v) is 4.75. The summed E-state index contributed by atoms with van der Waals surface area (Å²) in [7, 11) is 0. The molecule has 0 aromatic rings. The van der Waals surface area contributed by atoms with Crippen LogP contribution in [0.2, 0.25) is 0 Å². The fourth-order valence-electron chi connectivity index (χ4n) is 1.86. The van der Waals surface area contributed by atoms with Gasteiger partial charge in [-0.2, -0.15) is 0 Å². The minimum atomic E-state index is -0.133. The molecule has 2 heteroatoms. The van der Waals surface area contributed by atoms with Gasteiger partial charge in [0.25, 0.3) is 0 Å². The Kier molecular flexibility index (Phi) is 5.04. The van der Waals surface area contributed by atoms with Gasteiger partial charge in [0.2, 0.25) is 0 Å². The quantitative estimate of drug-likeness (QED) is 0.804. The SMILES string of the molecule is CCCC[C@H](O)[C@H]1CCCC=C1Br. The zero-order valence-corrected chi connectivity index (χ0v) is 9.89. The topological polar surface area (TPSA) is 20.2 Å². The van der Waals surface area contributed by atoms with Gasteiger partial charge in [-0.05, 0) is 30.2 Å². The molecule has 0 aliphatic heterocycles. The van der Waals surface area contributed by atoms with E-state index >= 15 is 0 Å². The Morgan fingerprint density at radius 3 is 3.08 bits per heavy atom. The van der Waals surface area contributed by atoms with Crippen molar-refractivity contribution in [3.05, 3.63) is 10.6 Å². The normalized spacial score (nSPS) is 25.5. The average Bonchev–Trinajstić information content (AvgIpc) is 2.15. The summed E-state index contributed by atoms with van der Waals surface area (Å²) in [6.07, 6.45) is 8.87. The maximum atomic E-state index is 9.90. The van der Waals surface area contributed by atoms with Crippen molar-refractivity contribution in [3.8, 4) is 0 Å². The fraction of sp³-hybridized carbons (Fsp3) is 0.818. The minimum absolute atomic E-state index is 0.133. The third kappa shape index (κ3) is 3.43. The summed E-state index contributed by atoms with van der Waals surface area (Å²) >= 11 is 3.55. The molecule has 2 atom stereocenters. The van der Waals surface area contributed by atoms with Crippen LogP contribution in [0.5, 0.6) is 0 Å². The summed E-state index contributed by atoms with van der Waals surface area (Å²) in [4.78, 5) is 0. The van der Waals surface area contributed by atoms with Gasteiger partial charge in [-0.15, -0.1) is 0 Å². The Balaban J connectivity index is 2.40. The largest absolute Gasteiger partial charge is 0.392 e. The lowest BCUT2D eigenvalue weighted by Gasteiger charge is -2.25. The van der Waals surface area contributed by atoms with Gasteiger partial charge in [-0.25, -0.2) is 0 Å². The number of unbranched alkanes of at least 4 members (excludes halogenated alkanes) is 1. The molecule has 0 saturated carbocycles. The molecule has 0 amide bonds. The average molecular weight is 247 g/mol. The highest BCUT2D eigenvalue weighted by Gasteiger charge is 2.22. The molecule has 1 aliphatic rings. The summed E-state index contributed by atoms with van der Waals surface area (Å²) in [6.45, 7) is 2.17. The maximum Gasteiger partial charge on any atom is 0.0613 e. The van der Waals surface area contributed by atoms with E-state index in [1.165, 1.54) is 17.3 Å². The monoisotopic (exact) mass is 246 g/mol. The van der Waals surface area contributed by atoms with Crippen LogP contribution < -0.4 is 0 Å². The third-order valence-electron chi connectivity index (χ3n) is 2.73. The third-order valence-corrected chi connectivity index (χ3v) is 3.64. The first-order valence-corrected chi connectivity index (χ1v) is 6.08. The van der Waals surface area contributed by atoms with Crippen LogP contribution in [0.1, 0.15) is 45.4 Å². The van der Waals surface area contributed by atoms with E-state index < -0.39 is 0 Å². The Bertz CT molecular complexity index is 177. The van der Waals surface area contributed by atoms with Crippen LogP contribution in [0.3, 0.4) is 0 Å². The second-order valence-electron chi connectivity index (χ2n) is 3.84. The van der Waals surface area contributed by atoms with Crippen LogP contribution in [-0.2, 0) is 0 Å². The van der Waals surface area contributed by atoms with E-state index in [0.717, 1.165) is 25.7 Å². The van der Waals surface area contributed by atoms with Crippen LogP contribution in [-0.4, -0.2) is 11.2 Å². The van der Waals surface area contributed by atoms with Crippen LogP contribution in [0.25, 0.3) is 0 Å². The molecule has 1 nitrogen and oxygen atoms in total. The second kappa shape index (κ2) is 5.82. The molecule has 0 aromatic heterocycles. The van der Waals surface area contributed by atoms with Gasteiger partial charge in [0, 0.05) is 5.92 Å². The Labute approximate surface area is 89.4 Å². The summed E-state index contributed by atoms with van der Waals surface area (Å²) in [5.74, 6) is 0.375. The summed E-state index contributed by atoms with van der Waals surface area (Å²) < 4.78 is 1.22. The highest BCUT2D eigenvalue weighted by molar-refractivity contribution is 9.11. The summed E-state index contributed by atoms with van der Waals surface area (Å²) in [5, 5.41) is 9.90. The predicted molar refractivity (Wildman–Crippen MR) is 59.9 cm³/mol. The van der Waals surface area contributed by atoms with Crippen LogP contribution in [0.4, 0.5) is 0 Å². The lowest BCUT2D eigenvalue weighted by molar-refractivity contribution is 0.109. The van der Waals surface area contributed by atoms with Crippen molar-refractivity contribution in [1.82, 2.24) is 0 Å². The van der Waals surface area contributed by atoms with Crippen molar-refractivity contribution < 1.29 is 5.11 Å². The molecule has 0 saturated heterocycles. The number of aliphatic hydroxyl groups excluding tert-OH is 1. The van der Waals surface area contributed by atoms with E-state index in [1.807, 2.05) is 0 Å². The zero-order valence-electron chi connectivity index (χ0n) is 8.30. The highest BCUT2D eigenvalue weighted by Crippen LogP contribution is 2.33. The van der Waals surface area contributed by atoms with Crippen molar-refractivity contribution >= 4 is 15.9 Å². The molecule has 0 heterocycles. The lowest BCUT2D eigenvalue weighted by atomic mass is 9.88. The highest BCUT2D eigenvalue weighted by atomic mass is 79.9. The lowest BCUT2D eigenvalue weighted by Crippen LogP contribution is -2.22. The molecule has 0 aromatic carbocycles. The van der Waals surface area contributed by atoms with E-state index in [2.05, 4.69) is 28.9 Å². The summed E-state index contributed by atoms with van der Waals surface area (Å²) in [6, 6.07) is 0. The molecule has 0 bridgehead atoms. The van der Waals surface area contributed by atoms with E-state index in [9.17, 15) is 5.11 Å². The first-order chi connectivity index (χ1) is 6.25. The van der Waals surface area contributed by atoms with Gasteiger partial charge >= 0.3 is 0 Å². The van der Waals surface area contributed by atoms with Gasteiger partial charge in [0.15, 0.2) is 0 Å². The van der Waals surface area contributed by atoms with E-state index in [0.29, 0.717) is 5.92 Å². The first kappa shape index (κ1) is 11.3. The van der Waals surface area contributed by atoms with Crippen molar-refractivity contribution in [2.45, 2.75) is 51.6 Å². The van der Waals surface area contributed by atoms with Crippen LogP contribution in [0.15, 0.2) is 10.6 Å². The van der Waals surface area contributed by atoms with E-state index in [4.69, 9.17) is 0 Å². The van der Waals surface area contributed by atoms with Gasteiger partial charge in [0.05, 0.1) is 6.10 Å². The number of aliphatic hydroxyl groups is 1. The molecule has 0 spiro atoms. The predicted octanol–water partition coefficient (Wildman–Crippen LogP) is 3.62. The molecule has 0 unspecified atom stereocenters. The number of allylic oxidation sites excluding steroid dienone is 1. The van der Waals surface area contributed by atoms with Crippen LogP contribution >= 0.6 is 15.9 Å². The van der Waals surface area contributed by atoms with Crippen molar-refractivity contribution in [2.24, 2.45) is 5.92 Å². The smallest absolute Gasteiger partial charge is 0.0613 e. The molecule has 1 aliphatic carbocycles. The van der Waals surface area contributed by atoms with Gasteiger partial charge in [0.1, 0.15) is 0 Å². The fourth-order valence-corrected chi connectivity index (χ4v) is 2.62. The zero-order chi connectivity index (χ0) is 9.68. The van der Waals surface area contributed by atoms with Gasteiger partial charge in [-0.1, -0.05) is 41.8 Å². The first-order valence-electron chi connectivity index (χ1n) is 5.29. The summed E-state index contributed by atoms with van der Waals surface area (Å²) in [5.41, 5.74) is 0. The van der Waals surface area contributed by atoms with Crippen LogP contribution in [0, 0.1) is 5.92 Å². The Morgan fingerprint density at radius 2 is 2.46 bits per heavy atom. The maximum absolute atomic E-state index is 9.90. The van der Waals surface area contributed by atoms with Crippen molar-refractivity contribution in [1.29, 1.82) is 0 Å². The van der Waals surface area contributed by atoms with E-state index in [1.54, 1.807) is 0 Å². The molecular formula is C11H19BrO. The van der Waals surface area contributed by atoms with Gasteiger partial charge in [-0.3, -0.25) is 0 Å². The standard InChI is InChI=1S/C11H19BrO/c1-2-3-8-11(13)9-6-4-5-7-10(9)12/h7,9,11,13H,2-6,8H2,1H3/t9-,11-/m0/s1. The Morgan fingerprint density at radius 1 is 1.69 bits per heavy atom. The molecule has 1 rings (SSSR count). The number of hydrogen-bond donors (Lipinski definition) is 1. The van der Waals surface area contributed by atoms with Gasteiger partial charge < -0.3 is 5.11 Å². The molecule has 76 valence electrons. The van der Waals surface area contributed by atoms with E-state index in [-0.39, 0.29) is 6.10 Å².